The van der Waals surface area contributed by atoms with Crippen molar-refractivity contribution in [1.82, 2.24) is 5.32 Å². The monoisotopic (exact) mass is 270 g/mol. The van der Waals surface area contributed by atoms with Crippen LogP contribution in [-0.2, 0) is 6.54 Å². The SMILES string of the molecule is Cc1cc(C(=O)NCc2cccc(C#N)c2)c(C)s1. The Bertz CT molecular complexity index is 652. The van der Waals surface area contributed by atoms with Crippen LogP contribution < -0.4 is 5.32 Å². The van der Waals surface area contributed by atoms with Gasteiger partial charge >= 0.3 is 0 Å². The number of thiophene rings is 1. The highest BCUT2D eigenvalue weighted by atomic mass is 32.1. The molecule has 0 saturated carbocycles. The zero-order valence-electron chi connectivity index (χ0n) is 10.9. The fraction of sp³-hybridized carbons (Fsp3) is 0.200. The topological polar surface area (TPSA) is 52.9 Å². The maximum atomic E-state index is 12.0. The Morgan fingerprint density at radius 3 is 2.79 bits per heavy atom. The second-order valence-electron chi connectivity index (χ2n) is 4.32. The Labute approximate surface area is 116 Å². The molecule has 1 amide bonds. The van der Waals surface area contributed by atoms with Crippen molar-refractivity contribution < 1.29 is 4.79 Å². The number of nitrogens with one attached hydrogen (secondary N) is 1. The highest BCUT2D eigenvalue weighted by Crippen LogP contribution is 2.20. The van der Waals surface area contributed by atoms with Crippen molar-refractivity contribution in [3.05, 3.63) is 56.8 Å². The summed E-state index contributed by atoms with van der Waals surface area (Å²) in [6.45, 7) is 4.37. The molecular formula is C15H14N2OS. The normalized spacial score (nSPS) is 9.95. The number of carbonyl (C=O) groups is 1. The lowest BCUT2D eigenvalue weighted by atomic mass is 10.1. The van der Waals surface area contributed by atoms with Crippen molar-refractivity contribution in [2.75, 3.05) is 0 Å². The molecule has 0 unspecified atom stereocenters. The molecule has 1 heterocycles. The summed E-state index contributed by atoms with van der Waals surface area (Å²) in [5, 5.41) is 11.7. The Morgan fingerprint density at radius 1 is 1.37 bits per heavy atom. The molecule has 0 aliphatic rings. The highest BCUT2D eigenvalue weighted by Gasteiger charge is 2.11. The quantitative estimate of drug-likeness (QED) is 0.931. The lowest BCUT2D eigenvalue weighted by Gasteiger charge is -2.05. The lowest BCUT2D eigenvalue weighted by Crippen LogP contribution is -2.22. The zero-order valence-corrected chi connectivity index (χ0v) is 11.7. The fourth-order valence-corrected chi connectivity index (χ4v) is 2.81. The van der Waals surface area contributed by atoms with E-state index in [1.165, 1.54) is 0 Å². The van der Waals surface area contributed by atoms with Crippen LogP contribution in [0.3, 0.4) is 0 Å². The summed E-state index contributed by atoms with van der Waals surface area (Å²) in [6.07, 6.45) is 0. The average Bonchev–Trinajstić information content (AvgIpc) is 2.75. The van der Waals surface area contributed by atoms with Crippen molar-refractivity contribution in [2.24, 2.45) is 0 Å². The fourth-order valence-electron chi connectivity index (χ4n) is 1.88. The van der Waals surface area contributed by atoms with Gasteiger partial charge < -0.3 is 5.32 Å². The van der Waals surface area contributed by atoms with Crippen LogP contribution in [0.15, 0.2) is 30.3 Å². The predicted molar refractivity (Wildman–Crippen MR) is 76.1 cm³/mol. The van der Waals surface area contributed by atoms with Gasteiger partial charge in [0.1, 0.15) is 0 Å². The first-order valence-corrected chi connectivity index (χ1v) is 6.76. The molecule has 1 N–H and O–H groups in total. The van der Waals surface area contributed by atoms with Gasteiger partial charge in [-0.05, 0) is 37.6 Å². The van der Waals surface area contributed by atoms with Crippen molar-refractivity contribution in [3.8, 4) is 6.07 Å². The second kappa shape index (κ2) is 5.68. The van der Waals surface area contributed by atoms with E-state index in [4.69, 9.17) is 5.26 Å². The van der Waals surface area contributed by atoms with Crippen LogP contribution >= 0.6 is 11.3 Å². The third kappa shape index (κ3) is 3.21. The minimum Gasteiger partial charge on any atom is -0.348 e. The van der Waals surface area contributed by atoms with Crippen LogP contribution in [0, 0.1) is 25.2 Å². The van der Waals surface area contributed by atoms with E-state index in [2.05, 4.69) is 11.4 Å². The van der Waals surface area contributed by atoms with Gasteiger partial charge in [-0.2, -0.15) is 5.26 Å². The number of rotatable bonds is 3. The summed E-state index contributed by atoms with van der Waals surface area (Å²) in [7, 11) is 0. The molecule has 0 aliphatic carbocycles. The van der Waals surface area contributed by atoms with Crippen molar-refractivity contribution in [1.29, 1.82) is 5.26 Å². The molecule has 0 bridgehead atoms. The maximum absolute atomic E-state index is 12.0. The third-order valence-corrected chi connectivity index (χ3v) is 3.76. The molecule has 96 valence electrons. The van der Waals surface area contributed by atoms with Gasteiger partial charge in [-0.3, -0.25) is 4.79 Å². The first-order valence-electron chi connectivity index (χ1n) is 5.94. The van der Waals surface area contributed by atoms with Crippen LogP contribution in [0.4, 0.5) is 0 Å². The lowest BCUT2D eigenvalue weighted by molar-refractivity contribution is 0.0951. The number of nitriles is 1. The first kappa shape index (κ1) is 13.3. The minimum absolute atomic E-state index is 0.0655. The van der Waals surface area contributed by atoms with Crippen LogP contribution in [0.25, 0.3) is 0 Å². The van der Waals surface area contributed by atoms with Gasteiger partial charge in [-0.1, -0.05) is 12.1 Å². The van der Waals surface area contributed by atoms with Gasteiger partial charge in [-0.15, -0.1) is 11.3 Å². The number of aryl methyl sites for hydroxylation is 2. The number of amides is 1. The summed E-state index contributed by atoms with van der Waals surface area (Å²) in [5.41, 5.74) is 2.27. The third-order valence-electron chi connectivity index (χ3n) is 2.79. The van der Waals surface area contributed by atoms with Crippen molar-refractivity contribution in [2.45, 2.75) is 20.4 Å². The number of carbonyl (C=O) groups excluding carboxylic acids is 1. The smallest absolute Gasteiger partial charge is 0.252 e. The number of benzene rings is 1. The summed E-state index contributed by atoms with van der Waals surface area (Å²) >= 11 is 1.62. The molecule has 2 rings (SSSR count). The summed E-state index contributed by atoms with van der Waals surface area (Å²) < 4.78 is 0. The molecule has 0 spiro atoms. The molecule has 0 radical (unpaired) electrons. The average molecular weight is 270 g/mol. The Hall–Kier alpha value is -2.12. The minimum atomic E-state index is -0.0655. The Balaban J connectivity index is 2.04. The molecule has 0 atom stereocenters. The number of hydrogen-bond donors (Lipinski definition) is 1. The standard InChI is InChI=1S/C15H14N2OS/c1-10-6-14(11(2)19-10)15(18)17-9-13-5-3-4-12(7-13)8-16/h3-7H,9H2,1-2H3,(H,17,18). The molecular weight excluding hydrogens is 256 g/mol. The van der Waals surface area contributed by atoms with Crippen molar-refractivity contribution in [3.63, 3.8) is 0 Å². The van der Waals surface area contributed by atoms with Crippen LogP contribution in [0.1, 0.15) is 31.2 Å². The van der Waals surface area contributed by atoms with Crippen LogP contribution in [0.5, 0.6) is 0 Å². The highest BCUT2D eigenvalue weighted by molar-refractivity contribution is 7.12. The molecule has 3 nitrogen and oxygen atoms in total. The van der Waals surface area contributed by atoms with Crippen LogP contribution in [0.2, 0.25) is 0 Å². The molecule has 1 aromatic heterocycles. The first-order chi connectivity index (χ1) is 9.10. The van der Waals surface area contributed by atoms with E-state index < -0.39 is 0 Å². The number of hydrogen-bond acceptors (Lipinski definition) is 3. The Morgan fingerprint density at radius 2 is 2.16 bits per heavy atom. The van der Waals surface area contributed by atoms with Gasteiger partial charge in [0.2, 0.25) is 0 Å². The molecule has 0 aliphatic heterocycles. The molecule has 0 fully saturated rings. The molecule has 19 heavy (non-hydrogen) atoms. The number of nitrogens with zero attached hydrogens (tertiary/aromatic N) is 1. The zero-order chi connectivity index (χ0) is 13.8. The predicted octanol–water partition coefficient (Wildman–Crippen LogP) is 3.17. The van der Waals surface area contributed by atoms with E-state index in [0.29, 0.717) is 12.1 Å². The van der Waals surface area contributed by atoms with E-state index in [1.807, 2.05) is 32.0 Å². The van der Waals surface area contributed by atoms with Gasteiger partial charge in [-0.25, -0.2) is 0 Å². The van der Waals surface area contributed by atoms with Gasteiger partial charge in [0.15, 0.2) is 0 Å². The molecule has 1 aromatic carbocycles. The van der Waals surface area contributed by atoms with Gasteiger partial charge in [0, 0.05) is 16.3 Å². The second-order valence-corrected chi connectivity index (χ2v) is 5.78. The largest absolute Gasteiger partial charge is 0.348 e. The molecule has 2 aromatic rings. The molecule has 4 heteroatoms. The van der Waals surface area contributed by atoms with E-state index >= 15 is 0 Å². The van der Waals surface area contributed by atoms with Gasteiger partial charge in [0.05, 0.1) is 17.2 Å². The van der Waals surface area contributed by atoms with E-state index in [1.54, 1.807) is 23.5 Å². The summed E-state index contributed by atoms with van der Waals surface area (Å²) in [5.74, 6) is -0.0655. The van der Waals surface area contributed by atoms with E-state index in [9.17, 15) is 4.79 Å². The summed E-state index contributed by atoms with van der Waals surface area (Å²) in [4.78, 5) is 14.2. The van der Waals surface area contributed by atoms with Gasteiger partial charge in [0.25, 0.3) is 5.91 Å². The molecule has 0 saturated heterocycles. The van der Waals surface area contributed by atoms with Crippen LogP contribution in [-0.4, -0.2) is 5.91 Å². The van der Waals surface area contributed by atoms with Crippen molar-refractivity contribution >= 4 is 17.2 Å². The maximum Gasteiger partial charge on any atom is 0.252 e. The summed E-state index contributed by atoms with van der Waals surface area (Å²) in [6, 6.07) is 11.2. The Kier molecular flexibility index (Phi) is 3.98. The van der Waals surface area contributed by atoms with E-state index in [-0.39, 0.29) is 5.91 Å². The van der Waals surface area contributed by atoms with E-state index in [0.717, 1.165) is 20.9 Å².